The van der Waals surface area contributed by atoms with E-state index < -0.39 is 0 Å². The summed E-state index contributed by atoms with van der Waals surface area (Å²) < 4.78 is 7.01. The standard InChI is InChI=1S/C20H22N4O4/c1-6-28-20(27)17-10(2)16(24(5)11(17)3)8-15-14-7-13(22-12(4)25)9-21-18(14)23-19(15)26/h7-9H,6H2,1-5H3,(H,22,25)(H,21,23,26). The van der Waals surface area contributed by atoms with E-state index in [1.807, 2.05) is 25.5 Å². The topological polar surface area (TPSA) is 102 Å². The van der Waals surface area contributed by atoms with Gasteiger partial charge in [-0.25, -0.2) is 9.78 Å². The molecule has 3 rings (SSSR count). The van der Waals surface area contributed by atoms with Gasteiger partial charge in [-0.2, -0.15) is 0 Å². The minimum absolute atomic E-state index is 0.224. The minimum atomic E-state index is -0.386. The highest BCUT2D eigenvalue weighted by Crippen LogP contribution is 2.34. The number of fused-ring (bicyclic) bond motifs is 1. The highest BCUT2D eigenvalue weighted by molar-refractivity contribution is 6.34. The van der Waals surface area contributed by atoms with E-state index in [2.05, 4.69) is 15.6 Å². The van der Waals surface area contributed by atoms with Gasteiger partial charge in [-0.3, -0.25) is 9.59 Å². The predicted octanol–water partition coefficient (Wildman–Crippen LogP) is 2.66. The van der Waals surface area contributed by atoms with Crippen LogP contribution in [-0.2, 0) is 21.4 Å². The van der Waals surface area contributed by atoms with E-state index in [0.29, 0.717) is 28.2 Å². The quantitative estimate of drug-likeness (QED) is 0.625. The molecule has 0 fully saturated rings. The molecule has 8 nitrogen and oxygen atoms in total. The van der Waals surface area contributed by atoms with Crippen molar-refractivity contribution in [1.82, 2.24) is 9.55 Å². The molecule has 0 aliphatic carbocycles. The Morgan fingerprint density at radius 1 is 1.36 bits per heavy atom. The van der Waals surface area contributed by atoms with E-state index in [1.54, 1.807) is 19.1 Å². The number of ether oxygens (including phenoxy) is 1. The monoisotopic (exact) mass is 382 g/mol. The van der Waals surface area contributed by atoms with Crippen LogP contribution < -0.4 is 10.6 Å². The first-order valence-corrected chi connectivity index (χ1v) is 8.88. The molecule has 2 aromatic heterocycles. The van der Waals surface area contributed by atoms with Gasteiger partial charge in [0.1, 0.15) is 5.82 Å². The summed E-state index contributed by atoms with van der Waals surface area (Å²) in [5.41, 5.74) is 4.22. The lowest BCUT2D eigenvalue weighted by Crippen LogP contribution is -2.07. The molecule has 0 aromatic carbocycles. The van der Waals surface area contributed by atoms with Crippen molar-refractivity contribution < 1.29 is 19.1 Å². The Morgan fingerprint density at radius 3 is 2.71 bits per heavy atom. The summed E-state index contributed by atoms with van der Waals surface area (Å²) in [6.07, 6.45) is 3.21. The summed E-state index contributed by atoms with van der Waals surface area (Å²) >= 11 is 0. The molecule has 2 aromatic rings. The summed E-state index contributed by atoms with van der Waals surface area (Å²) in [6.45, 7) is 7.11. The first-order valence-electron chi connectivity index (χ1n) is 8.88. The SMILES string of the molecule is CCOC(=O)c1c(C)c(C=C2C(=O)Nc3ncc(NC(C)=O)cc32)n(C)c1C. The third kappa shape index (κ3) is 3.28. The Kier molecular flexibility index (Phi) is 5.04. The van der Waals surface area contributed by atoms with Gasteiger partial charge in [0.25, 0.3) is 5.91 Å². The van der Waals surface area contributed by atoms with Crippen molar-refractivity contribution in [1.29, 1.82) is 0 Å². The van der Waals surface area contributed by atoms with Gasteiger partial charge >= 0.3 is 5.97 Å². The highest BCUT2D eigenvalue weighted by atomic mass is 16.5. The van der Waals surface area contributed by atoms with Gasteiger partial charge in [-0.05, 0) is 38.5 Å². The first-order chi connectivity index (χ1) is 13.2. The number of anilines is 2. The van der Waals surface area contributed by atoms with Crippen LogP contribution in [0.2, 0.25) is 0 Å². The van der Waals surface area contributed by atoms with Crippen LogP contribution in [0.1, 0.15) is 46.7 Å². The number of pyridine rings is 1. The Labute approximate surface area is 162 Å². The molecule has 8 heteroatoms. The van der Waals surface area contributed by atoms with Gasteiger partial charge in [-0.15, -0.1) is 0 Å². The maximum atomic E-state index is 12.5. The average molecular weight is 382 g/mol. The summed E-state index contributed by atoms with van der Waals surface area (Å²) in [5.74, 6) is -0.473. The van der Waals surface area contributed by atoms with Crippen LogP contribution in [0.25, 0.3) is 11.6 Å². The summed E-state index contributed by atoms with van der Waals surface area (Å²) in [5, 5.41) is 5.38. The number of hydrogen-bond donors (Lipinski definition) is 2. The Morgan fingerprint density at radius 2 is 2.07 bits per heavy atom. The maximum Gasteiger partial charge on any atom is 0.340 e. The Hall–Kier alpha value is -3.42. The first kappa shape index (κ1) is 19.3. The van der Waals surface area contributed by atoms with Crippen LogP contribution in [-0.4, -0.2) is 33.9 Å². The third-order valence-electron chi connectivity index (χ3n) is 4.72. The molecule has 2 amide bonds. The third-order valence-corrected chi connectivity index (χ3v) is 4.72. The van der Waals surface area contributed by atoms with Gasteiger partial charge in [0.15, 0.2) is 0 Å². The fourth-order valence-corrected chi connectivity index (χ4v) is 3.33. The molecular weight excluding hydrogens is 360 g/mol. The number of nitrogens with zero attached hydrogens (tertiary/aromatic N) is 2. The van der Waals surface area contributed by atoms with Crippen LogP contribution in [0.5, 0.6) is 0 Å². The normalized spacial score (nSPS) is 14.0. The van der Waals surface area contributed by atoms with Crippen molar-refractivity contribution in [3.8, 4) is 0 Å². The summed E-state index contributed by atoms with van der Waals surface area (Å²) in [4.78, 5) is 40.3. The van der Waals surface area contributed by atoms with Gasteiger partial charge in [0.05, 0.1) is 29.6 Å². The lowest BCUT2D eigenvalue weighted by atomic mass is 10.0. The second-order valence-corrected chi connectivity index (χ2v) is 6.56. The van der Waals surface area contributed by atoms with Crippen LogP contribution >= 0.6 is 0 Å². The molecule has 0 bridgehead atoms. The second kappa shape index (κ2) is 7.30. The molecule has 2 N–H and O–H groups in total. The van der Waals surface area contributed by atoms with Crippen molar-refractivity contribution in [2.75, 3.05) is 17.2 Å². The molecule has 28 heavy (non-hydrogen) atoms. The summed E-state index contributed by atoms with van der Waals surface area (Å²) in [6, 6.07) is 1.70. The Bertz CT molecular complexity index is 1030. The van der Waals surface area contributed by atoms with Crippen LogP contribution in [0.15, 0.2) is 12.3 Å². The number of aromatic nitrogens is 2. The minimum Gasteiger partial charge on any atom is -0.462 e. The van der Waals surface area contributed by atoms with Crippen molar-refractivity contribution in [3.05, 3.63) is 40.3 Å². The fraction of sp³-hybridized carbons (Fsp3) is 0.300. The largest absolute Gasteiger partial charge is 0.462 e. The number of rotatable bonds is 4. The lowest BCUT2D eigenvalue weighted by molar-refractivity contribution is -0.114. The van der Waals surface area contributed by atoms with E-state index >= 15 is 0 Å². The van der Waals surface area contributed by atoms with Gasteiger partial charge < -0.3 is 19.9 Å². The molecular formula is C20H22N4O4. The molecule has 1 aliphatic heterocycles. The molecule has 0 radical (unpaired) electrons. The van der Waals surface area contributed by atoms with Crippen molar-refractivity contribution in [2.24, 2.45) is 7.05 Å². The molecule has 0 saturated heterocycles. The number of hydrogen-bond acceptors (Lipinski definition) is 5. The smallest absolute Gasteiger partial charge is 0.340 e. The van der Waals surface area contributed by atoms with Crippen molar-refractivity contribution in [3.63, 3.8) is 0 Å². The van der Waals surface area contributed by atoms with E-state index in [0.717, 1.165) is 17.0 Å². The van der Waals surface area contributed by atoms with E-state index in [9.17, 15) is 14.4 Å². The zero-order valence-corrected chi connectivity index (χ0v) is 16.5. The van der Waals surface area contributed by atoms with Crippen molar-refractivity contribution in [2.45, 2.75) is 27.7 Å². The second-order valence-electron chi connectivity index (χ2n) is 6.56. The maximum absolute atomic E-state index is 12.5. The number of amides is 2. The molecule has 146 valence electrons. The fourth-order valence-electron chi connectivity index (χ4n) is 3.33. The van der Waals surface area contributed by atoms with Gasteiger partial charge in [0, 0.05) is 30.9 Å². The summed E-state index contributed by atoms with van der Waals surface area (Å²) in [7, 11) is 1.83. The zero-order chi connectivity index (χ0) is 20.6. The number of carbonyl (C=O) groups is 3. The molecule has 3 heterocycles. The highest BCUT2D eigenvalue weighted by Gasteiger charge is 2.28. The average Bonchev–Trinajstić information content (AvgIpc) is 3.03. The molecule has 0 atom stereocenters. The number of esters is 1. The van der Waals surface area contributed by atoms with E-state index in [-0.39, 0.29) is 24.4 Å². The van der Waals surface area contributed by atoms with Gasteiger partial charge in [-0.1, -0.05) is 0 Å². The number of carbonyl (C=O) groups excluding carboxylic acids is 3. The lowest BCUT2D eigenvalue weighted by Gasteiger charge is -2.05. The molecule has 0 spiro atoms. The van der Waals surface area contributed by atoms with E-state index in [1.165, 1.54) is 13.1 Å². The van der Waals surface area contributed by atoms with Crippen molar-refractivity contribution >= 4 is 40.9 Å². The van der Waals surface area contributed by atoms with Gasteiger partial charge in [0.2, 0.25) is 5.91 Å². The number of nitrogens with one attached hydrogen (secondary N) is 2. The molecule has 0 saturated carbocycles. The molecule has 1 aliphatic rings. The molecule has 0 unspecified atom stereocenters. The van der Waals surface area contributed by atoms with Crippen LogP contribution in [0, 0.1) is 13.8 Å². The predicted molar refractivity (Wildman–Crippen MR) is 106 cm³/mol. The van der Waals surface area contributed by atoms with Crippen LogP contribution in [0.4, 0.5) is 11.5 Å². The van der Waals surface area contributed by atoms with E-state index in [4.69, 9.17) is 4.74 Å². The zero-order valence-electron chi connectivity index (χ0n) is 16.5. The Balaban J connectivity index is 2.11. The van der Waals surface area contributed by atoms with Crippen LogP contribution in [0.3, 0.4) is 0 Å².